The molecule has 0 radical (unpaired) electrons. The van der Waals surface area contributed by atoms with E-state index in [9.17, 15) is 13.2 Å². The lowest BCUT2D eigenvalue weighted by Crippen LogP contribution is -2.50. The summed E-state index contributed by atoms with van der Waals surface area (Å²) in [6.07, 6.45) is 2.33. The first-order valence-electron chi connectivity index (χ1n) is 9.70. The molecule has 3 aromatic heterocycles. The van der Waals surface area contributed by atoms with Crippen LogP contribution in [0.4, 0.5) is 0 Å². The van der Waals surface area contributed by atoms with Gasteiger partial charge in [-0.1, -0.05) is 0 Å². The molecule has 154 valence electrons. The number of rotatable bonds is 4. The fourth-order valence-electron chi connectivity index (χ4n) is 4.24. The second kappa shape index (κ2) is 7.35. The topological polar surface area (TPSA) is 99.5 Å². The summed E-state index contributed by atoms with van der Waals surface area (Å²) in [6, 6.07) is 3.79. The third-order valence-electron chi connectivity index (χ3n) is 5.78. The third kappa shape index (κ3) is 3.77. The molecule has 2 saturated heterocycles. The van der Waals surface area contributed by atoms with Crippen molar-refractivity contribution in [2.75, 3.05) is 37.7 Å². The van der Waals surface area contributed by atoms with Crippen LogP contribution in [-0.4, -0.2) is 71.9 Å². The molecule has 1 atom stereocenters. The minimum atomic E-state index is -2.86. The summed E-state index contributed by atoms with van der Waals surface area (Å²) in [5, 5.41) is 2.48. The number of piperazine rings is 1. The maximum atomic E-state index is 12.7. The summed E-state index contributed by atoms with van der Waals surface area (Å²) in [5.74, 6) is 1.92. The van der Waals surface area contributed by atoms with Gasteiger partial charge in [0, 0.05) is 43.2 Å². The summed E-state index contributed by atoms with van der Waals surface area (Å²) in [7, 11) is -2.86. The van der Waals surface area contributed by atoms with Gasteiger partial charge in [0.1, 0.15) is 16.4 Å². The third-order valence-corrected chi connectivity index (χ3v) is 8.41. The number of hydrogen-bond acceptors (Lipinski definition) is 8. The summed E-state index contributed by atoms with van der Waals surface area (Å²) in [4.78, 5) is 25.5. The van der Waals surface area contributed by atoms with Crippen LogP contribution in [0, 0.1) is 0 Å². The summed E-state index contributed by atoms with van der Waals surface area (Å²) in [5.41, 5.74) is 0.628. The molecule has 8 nitrogen and oxygen atoms in total. The molecule has 0 saturated carbocycles. The quantitative estimate of drug-likeness (QED) is 0.665. The zero-order valence-electron chi connectivity index (χ0n) is 15.8. The first-order valence-corrected chi connectivity index (χ1v) is 12.4. The van der Waals surface area contributed by atoms with Gasteiger partial charge in [0.25, 0.3) is 5.56 Å². The summed E-state index contributed by atoms with van der Waals surface area (Å²) < 4.78 is 28.9. The van der Waals surface area contributed by atoms with Crippen molar-refractivity contribution in [3.63, 3.8) is 0 Å². The maximum Gasteiger partial charge on any atom is 0.260 e. The van der Waals surface area contributed by atoms with Gasteiger partial charge in [-0.2, -0.15) is 0 Å². The number of fused-ring (bicyclic) bond motifs is 1. The minimum absolute atomic E-state index is 0.146. The SMILES string of the molecule is O=c1[nH]c(CN2CCN([C@H]3CCS(=O)(=O)C3)CC2)nc2scc(-c3ccco3)c12. The van der Waals surface area contributed by atoms with Gasteiger partial charge >= 0.3 is 0 Å². The van der Waals surface area contributed by atoms with Crippen molar-refractivity contribution in [1.29, 1.82) is 0 Å². The van der Waals surface area contributed by atoms with E-state index in [1.165, 1.54) is 11.3 Å². The Hall–Kier alpha value is -2.01. The minimum Gasteiger partial charge on any atom is -0.464 e. The Kier molecular flexibility index (Phi) is 4.81. The molecule has 0 aromatic carbocycles. The highest BCUT2D eigenvalue weighted by Crippen LogP contribution is 2.31. The van der Waals surface area contributed by atoms with E-state index >= 15 is 0 Å². The van der Waals surface area contributed by atoms with Crippen LogP contribution >= 0.6 is 11.3 Å². The number of H-pyrrole nitrogens is 1. The number of furan rings is 1. The molecule has 5 rings (SSSR count). The number of nitrogens with zero attached hydrogens (tertiary/aromatic N) is 3. The van der Waals surface area contributed by atoms with E-state index in [0.717, 1.165) is 38.2 Å². The average molecular weight is 435 g/mol. The number of thiophene rings is 1. The van der Waals surface area contributed by atoms with Crippen LogP contribution in [0.15, 0.2) is 33.0 Å². The Balaban J connectivity index is 1.28. The van der Waals surface area contributed by atoms with E-state index in [4.69, 9.17) is 4.42 Å². The Morgan fingerprint density at radius 1 is 1.28 bits per heavy atom. The molecule has 2 aliphatic heterocycles. The molecule has 0 aliphatic carbocycles. The normalized spacial score (nSPS) is 23.1. The monoisotopic (exact) mass is 434 g/mol. The number of sulfone groups is 1. The van der Waals surface area contributed by atoms with E-state index in [1.54, 1.807) is 12.3 Å². The molecular weight excluding hydrogens is 412 g/mol. The van der Waals surface area contributed by atoms with Crippen molar-refractivity contribution in [2.45, 2.75) is 19.0 Å². The number of aromatic nitrogens is 2. The zero-order valence-corrected chi connectivity index (χ0v) is 17.5. The van der Waals surface area contributed by atoms with E-state index in [2.05, 4.69) is 19.8 Å². The van der Waals surface area contributed by atoms with Crippen molar-refractivity contribution < 1.29 is 12.8 Å². The van der Waals surface area contributed by atoms with Gasteiger partial charge in [0.15, 0.2) is 9.84 Å². The van der Waals surface area contributed by atoms with Crippen LogP contribution in [0.1, 0.15) is 12.2 Å². The van der Waals surface area contributed by atoms with Gasteiger partial charge in [-0.15, -0.1) is 11.3 Å². The molecule has 29 heavy (non-hydrogen) atoms. The van der Waals surface area contributed by atoms with Gasteiger partial charge in [-0.05, 0) is 18.6 Å². The lowest BCUT2D eigenvalue weighted by molar-refractivity contribution is 0.0984. The molecule has 2 fully saturated rings. The lowest BCUT2D eigenvalue weighted by Gasteiger charge is -2.37. The van der Waals surface area contributed by atoms with Crippen molar-refractivity contribution in [1.82, 2.24) is 19.8 Å². The number of aromatic amines is 1. The Labute approximate surface area is 172 Å². The smallest absolute Gasteiger partial charge is 0.260 e. The Morgan fingerprint density at radius 2 is 2.10 bits per heavy atom. The average Bonchev–Trinajstić information content (AvgIpc) is 3.41. The van der Waals surface area contributed by atoms with Crippen LogP contribution in [0.25, 0.3) is 21.5 Å². The summed E-state index contributed by atoms with van der Waals surface area (Å²) in [6.45, 7) is 3.93. The van der Waals surface area contributed by atoms with Gasteiger partial charge in [0.2, 0.25) is 0 Å². The first kappa shape index (κ1) is 19.0. The van der Waals surface area contributed by atoms with Crippen molar-refractivity contribution in [2.24, 2.45) is 0 Å². The highest BCUT2D eigenvalue weighted by molar-refractivity contribution is 7.91. The van der Waals surface area contributed by atoms with Crippen molar-refractivity contribution in [3.05, 3.63) is 40.0 Å². The number of nitrogens with one attached hydrogen (secondary N) is 1. The molecule has 10 heteroatoms. The van der Waals surface area contributed by atoms with E-state index < -0.39 is 9.84 Å². The molecule has 0 bridgehead atoms. The van der Waals surface area contributed by atoms with Gasteiger partial charge in [0.05, 0.1) is 29.7 Å². The van der Waals surface area contributed by atoms with Crippen molar-refractivity contribution in [3.8, 4) is 11.3 Å². The van der Waals surface area contributed by atoms with Crippen LogP contribution in [-0.2, 0) is 16.4 Å². The predicted octanol–water partition coefficient (Wildman–Crippen LogP) is 1.55. The molecule has 0 amide bonds. The predicted molar refractivity (Wildman–Crippen MR) is 112 cm³/mol. The molecule has 3 aromatic rings. The molecule has 1 N–H and O–H groups in total. The van der Waals surface area contributed by atoms with E-state index in [1.807, 2.05) is 11.4 Å². The summed E-state index contributed by atoms with van der Waals surface area (Å²) >= 11 is 1.44. The molecule has 5 heterocycles. The fourth-order valence-corrected chi connectivity index (χ4v) is 6.95. The lowest BCUT2D eigenvalue weighted by atomic mass is 10.2. The van der Waals surface area contributed by atoms with Crippen LogP contribution < -0.4 is 5.56 Å². The largest absolute Gasteiger partial charge is 0.464 e. The van der Waals surface area contributed by atoms with Gasteiger partial charge in [-0.25, -0.2) is 13.4 Å². The standard InChI is InChI=1S/C19H22N4O4S2/c24-18-17-14(15-2-1-8-27-15)11-28-19(17)21-16(20-18)10-22-4-6-23(7-5-22)13-3-9-29(25,26)12-13/h1-2,8,11,13H,3-7,9-10,12H2,(H,20,21,24)/t13-/m0/s1. The highest BCUT2D eigenvalue weighted by atomic mass is 32.2. The number of hydrogen-bond donors (Lipinski definition) is 1. The fraction of sp³-hybridized carbons (Fsp3) is 0.474. The van der Waals surface area contributed by atoms with Crippen LogP contribution in [0.3, 0.4) is 0 Å². The Morgan fingerprint density at radius 3 is 2.79 bits per heavy atom. The Bertz CT molecular complexity index is 1170. The molecule has 0 unspecified atom stereocenters. The second-order valence-electron chi connectivity index (χ2n) is 7.69. The van der Waals surface area contributed by atoms with E-state index in [-0.39, 0.29) is 17.4 Å². The maximum absolute atomic E-state index is 12.7. The highest BCUT2D eigenvalue weighted by Gasteiger charge is 2.33. The molecular formula is C19H22N4O4S2. The van der Waals surface area contributed by atoms with Gasteiger partial charge in [-0.3, -0.25) is 14.6 Å². The van der Waals surface area contributed by atoms with Crippen LogP contribution in [0.2, 0.25) is 0 Å². The second-order valence-corrected chi connectivity index (χ2v) is 10.8. The van der Waals surface area contributed by atoms with Gasteiger partial charge < -0.3 is 9.40 Å². The molecule has 2 aliphatic rings. The van der Waals surface area contributed by atoms with Crippen LogP contribution in [0.5, 0.6) is 0 Å². The zero-order chi connectivity index (χ0) is 20.0. The van der Waals surface area contributed by atoms with Crippen molar-refractivity contribution >= 4 is 31.4 Å². The van der Waals surface area contributed by atoms with E-state index in [0.29, 0.717) is 34.1 Å². The molecule has 0 spiro atoms. The first-order chi connectivity index (χ1) is 14.0.